The van der Waals surface area contributed by atoms with Gasteiger partial charge in [0.05, 0.1) is 19.3 Å². The molecular weight excluding hydrogens is 186 g/mol. The minimum absolute atomic E-state index is 0.307. The first-order valence-electron chi connectivity index (χ1n) is 4.84. The lowest BCUT2D eigenvalue weighted by Gasteiger charge is -2.21. The molecule has 1 rings (SSSR count). The summed E-state index contributed by atoms with van der Waals surface area (Å²) in [7, 11) is 1.54. The monoisotopic (exact) mass is 205 g/mol. The van der Waals surface area contributed by atoms with E-state index in [4.69, 9.17) is 9.47 Å². The van der Waals surface area contributed by atoms with Crippen LogP contribution in [0.5, 0.6) is 0 Å². The van der Waals surface area contributed by atoms with Crippen LogP contribution < -0.4 is 5.32 Å². The van der Waals surface area contributed by atoms with Gasteiger partial charge >= 0.3 is 0 Å². The first-order chi connectivity index (χ1) is 6.66. The van der Waals surface area contributed by atoms with Gasteiger partial charge in [-0.2, -0.15) is 0 Å². The van der Waals surface area contributed by atoms with E-state index in [0.29, 0.717) is 39.3 Å². The predicted molar refractivity (Wildman–Crippen MR) is 51.1 cm³/mol. The van der Waals surface area contributed by atoms with Crippen molar-refractivity contribution in [3.63, 3.8) is 0 Å². The van der Waals surface area contributed by atoms with Crippen LogP contribution in [-0.4, -0.2) is 61.9 Å². The molecule has 84 valence electrons. The molecule has 3 N–H and O–H groups in total. The van der Waals surface area contributed by atoms with Crippen molar-refractivity contribution >= 4 is 0 Å². The van der Waals surface area contributed by atoms with Crippen molar-refractivity contribution in [2.75, 3.05) is 40.0 Å². The average molecular weight is 205 g/mol. The van der Waals surface area contributed by atoms with Gasteiger partial charge in [-0.15, -0.1) is 0 Å². The fourth-order valence-corrected chi connectivity index (χ4v) is 1.46. The zero-order valence-corrected chi connectivity index (χ0v) is 8.53. The lowest BCUT2D eigenvalue weighted by molar-refractivity contribution is 0.0196. The first kappa shape index (κ1) is 11.9. The third-order valence-electron chi connectivity index (χ3n) is 2.28. The van der Waals surface area contributed by atoms with Crippen LogP contribution in [-0.2, 0) is 9.47 Å². The van der Waals surface area contributed by atoms with E-state index in [1.807, 2.05) is 0 Å². The van der Waals surface area contributed by atoms with Crippen molar-refractivity contribution in [1.29, 1.82) is 0 Å². The Morgan fingerprint density at radius 1 is 1.64 bits per heavy atom. The Morgan fingerprint density at radius 2 is 2.43 bits per heavy atom. The Kier molecular flexibility index (Phi) is 4.77. The van der Waals surface area contributed by atoms with E-state index in [-0.39, 0.29) is 0 Å². The molecule has 0 bridgehead atoms. The van der Waals surface area contributed by atoms with E-state index < -0.39 is 11.7 Å². The van der Waals surface area contributed by atoms with Gasteiger partial charge in [0.2, 0.25) is 0 Å². The summed E-state index contributed by atoms with van der Waals surface area (Å²) in [4.78, 5) is 0. The summed E-state index contributed by atoms with van der Waals surface area (Å²) in [5, 5.41) is 22.1. The van der Waals surface area contributed by atoms with E-state index in [0.717, 1.165) is 0 Å². The Balaban J connectivity index is 2.08. The average Bonchev–Trinajstić information content (AvgIpc) is 2.53. The maximum Gasteiger partial charge on any atom is 0.102 e. The first-order valence-corrected chi connectivity index (χ1v) is 4.84. The van der Waals surface area contributed by atoms with E-state index in [1.54, 1.807) is 7.11 Å². The fourth-order valence-electron chi connectivity index (χ4n) is 1.46. The highest BCUT2D eigenvalue weighted by molar-refractivity contribution is 4.85. The van der Waals surface area contributed by atoms with Gasteiger partial charge in [0.25, 0.3) is 0 Å². The molecule has 5 heteroatoms. The molecule has 1 saturated heterocycles. The van der Waals surface area contributed by atoms with Crippen molar-refractivity contribution in [3.05, 3.63) is 0 Å². The van der Waals surface area contributed by atoms with E-state index in [2.05, 4.69) is 5.32 Å². The van der Waals surface area contributed by atoms with Crippen molar-refractivity contribution in [1.82, 2.24) is 5.32 Å². The molecule has 2 atom stereocenters. The lowest BCUT2D eigenvalue weighted by atomic mass is 10.0. The summed E-state index contributed by atoms with van der Waals surface area (Å²) >= 11 is 0. The van der Waals surface area contributed by atoms with Crippen LogP contribution in [0.15, 0.2) is 0 Å². The van der Waals surface area contributed by atoms with Gasteiger partial charge in [-0.3, -0.25) is 0 Å². The summed E-state index contributed by atoms with van der Waals surface area (Å²) in [6.45, 7) is 2.17. The van der Waals surface area contributed by atoms with Gasteiger partial charge in [0.1, 0.15) is 5.60 Å². The zero-order chi connectivity index (χ0) is 10.4. The second kappa shape index (κ2) is 5.63. The van der Waals surface area contributed by atoms with Crippen LogP contribution in [0.1, 0.15) is 6.42 Å². The van der Waals surface area contributed by atoms with Gasteiger partial charge < -0.3 is 25.0 Å². The fraction of sp³-hybridized carbons (Fsp3) is 1.00. The topological polar surface area (TPSA) is 71.0 Å². The molecule has 0 saturated carbocycles. The number of nitrogens with one attached hydrogen (secondary N) is 1. The molecule has 2 unspecified atom stereocenters. The van der Waals surface area contributed by atoms with Crippen LogP contribution in [0, 0.1) is 0 Å². The molecular formula is C9H19NO4. The Morgan fingerprint density at radius 3 is 3.00 bits per heavy atom. The molecule has 5 nitrogen and oxygen atoms in total. The van der Waals surface area contributed by atoms with Crippen molar-refractivity contribution in [2.24, 2.45) is 0 Å². The largest absolute Gasteiger partial charge is 0.389 e. The summed E-state index contributed by atoms with van der Waals surface area (Å²) < 4.78 is 9.86. The SMILES string of the molecule is COCC(O)CNCC1(O)CCOC1. The van der Waals surface area contributed by atoms with Crippen LogP contribution in [0.4, 0.5) is 0 Å². The smallest absolute Gasteiger partial charge is 0.102 e. The molecule has 1 aliphatic heterocycles. The molecule has 0 spiro atoms. The third-order valence-corrected chi connectivity index (χ3v) is 2.28. The predicted octanol–water partition coefficient (Wildman–Crippen LogP) is -1.27. The molecule has 0 amide bonds. The van der Waals surface area contributed by atoms with Gasteiger partial charge in [0, 0.05) is 33.2 Å². The summed E-state index contributed by atoms with van der Waals surface area (Å²) in [5.74, 6) is 0. The summed E-state index contributed by atoms with van der Waals surface area (Å²) in [6.07, 6.45) is 0.131. The second-order valence-corrected chi connectivity index (χ2v) is 3.77. The summed E-state index contributed by atoms with van der Waals surface area (Å²) in [6, 6.07) is 0. The van der Waals surface area contributed by atoms with E-state index in [9.17, 15) is 10.2 Å². The van der Waals surface area contributed by atoms with E-state index >= 15 is 0 Å². The molecule has 0 aromatic rings. The number of rotatable bonds is 6. The van der Waals surface area contributed by atoms with Crippen LogP contribution in [0.3, 0.4) is 0 Å². The summed E-state index contributed by atoms with van der Waals surface area (Å²) in [5.41, 5.74) is -0.757. The van der Waals surface area contributed by atoms with Crippen LogP contribution in [0.2, 0.25) is 0 Å². The normalized spacial score (nSPS) is 29.4. The maximum absolute atomic E-state index is 9.83. The van der Waals surface area contributed by atoms with Crippen molar-refractivity contribution < 1.29 is 19.7 Å². The number of methoxy groups -OCH3 is 1. The van der Waals surface area contributed by atoms with E-state index in [1.165, 1.54) is 0 Å². The zero-order valence-electron chi connectivity index (χ0n) is 8.53. The van der Waals surface area contributed by atoms with Crippen molar-refractivity contribution in [3.8, 4) is 0 Å². The highest BCUT2D eigenvalue weighted by Crippen LogP contribution is 2.16. The highest BCUT2D eigenvalue weighted by Gasteiger charge is 2.31. The molecule has 14 heavy (non-hydrogen) atoms. The second-order valence-electron chi connectivity index (χ2n) is 3.77. The minimum Gasteiger partial charge on any atom is -0.389 e. The number of aliphatic hydroxyl groups is 2. The van der Waals surface area contributed by atoms with Crippen LogP contribution in [0.25, 0.3) is 0 Å². The Bertz CT molecular complexity index is 159. The maximum atomic E-state index is 9.83. The molecule has 0 aromatic carbocycles. The molecule has 0 aliphatic carbocycles. The minimum atomic E-state index is -0.757. The molecule has 1 heterocycles. The number of aliphatic hydroxyl groups excluding tert-OH is 1. The molecule has 1 aliphatic rings. The van der Waals surface area contributed by atoms with Gasteiger partial charge in [-0.05, 0) is 0 Å². The highest BCUT2D eigenvalue weighted by atomic mass is 16.5. The Hall–Kier alpha value is -0.200. The standard InChI is InChI=1S/C9H19NO4/c1-13-5-8(11)4-10-6-9(12)2-3-14-7-9/h8,10-12H,2-7H2,1H3. The Labute approximate surface area is 84.0 Å². The van der Waals surface area contributed by atoms with Crippen LogP contribution >= 0.6 is 0 Å². The number of hydrogen-bond acceptors (Lipinski definition) is 5. The number of ether oxygens (including phenoxy) is 2. The molecule has 0 radical (unpaired) electrons. The molecule has 1 fully saturated rings. The quantitative estimate of drug-likeness (QED) is 0.504. The third kappa shape index (κ3) is 3.89. The van der Waals surface area contributed by atoms with Crippen molar-refractivity contribution in [2.45, 2.75) is 18.1 Å². The van der Waals surface area contributed by atoms with Gasteiger partial charge in [0.15, 0.2) is 0 Å². The molecule has 0 aromatic heterocycles. The lowest BCUT2D eigenvalue weighted by Crippen LogP contribution is -2.44. The number of hydrogen-bond donors (Lipinski definition) is 3. The van der Waals surface area contributed by atoms with Gasteiger partial charge in [-0.25, -0.2) is 0 Å². The van der Waals surface area contributed by atoms with Gasteiger partial charge in [-0.1, -0.05) is 0 Å².